The first kappa shape index (κ1) is 19.9. The molecule has 2 heterocycles. The molecule has 2 aromatic heterocycles. The maximum Gasteiger partial charge on any atom is 0.262 e. The molecule has 1 N–H and O–H groups in total. The van der Waals surface area contributed by atoms with Gasteiger partial charge in [-0.05, 0) is 39.7 Å². The van der Waals surface area contributed by atoms with Crippen molar-refractivity contribution in [2.45, 2.75) is 5.16 Å². The molecule has 146 valence electrons. The van der Waals surface area contributed by atoms with Crippen molar-refractivity contribution in [2.24, 2.45) is 7.05 Å². The number of hydrogen-bond donors (Lipinski definition) is 1. The van der Waals surface area contributed by atoms with E-state index in [2.05, 4.69) is 26.2 Å². The van der Waals surface area contributed by atoms with Crippen LogP contribution in [0.5, 0.6) is 0 Å². The summed E-state index contributed by atoms with van der Waals surface area (Å²) in [5, 5.41) is 3.97. The number of nitrogens with zero attached hydrogens (tertiary/aromatic N) is 2. The average molecular weight is 486 g/mol. The van der Waals surface area contributed by atoms with Crippen molar-refractivity contribution in [3.05, 3.63) is 75.5 Å². The van der Waals surface area contributed by atoms with Gasteiger partial charge in [-0.3, -0.25) is 14.2 Å². The first-order chi connectivity index (χ1) is 14.0. The third-order valence-electron chi connectivity index (χ3n) is 4.27. The predicted molar refractivity (Wildman–Crippen MR) is 124 cm³/mol. The molecule has 0 unspecified atom stereocenters. The van der Waals surface area contributed by atoms with Crippen molar-refractivity contribution in [3.8, 4) is 10.4 Å². The zero-order valence-corrected chi connectivity index (χ0v) is 18.6. The number of fused-ring (bicyclic) bond motifs is 1. The van der Waals surface area contributed by atoms with Crippen molar-refractivity contribution in [2.75, 3.05) is 11.1 Å². The summed E-state index contributed by atoms with van der Waals surface area (Å²) in [6, 6.07) is 19.2. The lowest BCUT2D eigenvalue weighted by Gasteiger charge is -2.08. The maximum atomic E-state index is 12.8. The molecule has 0 aliphatic rings. The van der Waals surface area contributed by atoms with Crippen LogP contribution in [0, 0.1) is 0 Å². The minimum absolute atomic E-state index is 0.109. The number of anilines is 1. The number of carbonyl (C=O) groups is 1. The van der Waals surface area contributed by atoms with Crippen LogP contribution in [0.15, 0.2) is 75.1 Å². The summed E-state index contributed by atoms with van der Waals surface area (Å²) >= 11 is 6.14. The second kappa shape index (κ2) is 8.52. The van der Waals surface area contributed by atoms with E-state index in [0.29, 0.717) is 21.1 Å². The number of amides is 1. The maximum absolute atomic E-state index is 12.8. The molecule has 0 saturated heterocycles. The van der Waals surface area contributed by atoms with E-state index in [9.17, 15) is 9.59 Å². The highest BCUT2D eigenvalue weighted by molar-refractivity contribution is 9.10. The monoisotopic (exact) mass is 485 g/mol. The Morgan fingerprint density at radius 2 is 1.90 bits per heavy atom. The number of thioether (sulfide) groups is 1. The predicted octanol–water partition coefficient (Wildman–Crippen LogP) is 5.16. The molecule has 0 atom stereocenters. The third kappa shape index (κ3) is 4.29. The fraction of sp³-hybridized carbons (Fsp3) is 0.0952. The van der Waals surface area contributed by atoms with E-state index < -0.39 is 0 Å². The number of halogens is 1. The van der Waals surface area contributed by atoms with Crippen molar-refractivity contribution < 1.29 is 4.79 Å². The third-order valence-corrected chi connectivity index (χ3v) is 7.07. The average Bonchev–Trinajstić information content (AvgIpc) is 3.16. The highest BCUT2D eigenvalue weighted by Crippen LogP contribution is 2.32. The van der Waals surface area contributed by atoms with Gasteiger partial charge in [0.05, 0.1) is 16.8 Å². The molecule has 0 saturated carbocycles. The fourth-order valence-corrected chi connectivity index (χ4v) is 5.03. The molecular formula is C21H16BrN3O2S2. The van der Waals surface area contributed by atoms with Crippen molar-refractivity contribution in [1.29, 1.82) is 0 Å². The number of nitrogens with one attached hydrogen (secondary N) is 1. The molecular weight excluding hydrogens is 470 g/mol. The van der Waals surface area contributed by atoms with Gasteiger partial charge in [-0.15, -0.1) is 11.3 Å². The summed E-state index contributed by atoms with van der Waals surface area (Å²) in [6.45, 7) is 0. The van der Waals surface area contributed by atoms with Crippen LogP contribution in [-0.2, 0) is 11.8 Å². The number of hydrogen-bond acceptors (Lipinski definition) is 5. The Kier molecular flexibility index (Phi) is 5.84. The molecule has 0 aliphatic heterocycles. The topological polar surface area (TPSA) is 64.0 Å². The number of thiophene rings is 1. The zero-order chi connectivity index (χ0) is 20.4. The zero-order valence-electron chi connectivity index (χ0n) is 15.4. The summed E-state index contributed by atoms with van der Waals surface area (Å²) < 4.78 is 2.32. The number of aromatic nitrogens is 2. The van der Waals surface area contributed by atoms with Crippen LogP contribution >= 0.6 is 39.0 Å². The molecule has 8 heteroatoms. The highest BCUT2D eigenvalue weighted by Gasteiger charge is 2.15. The molecule has 0 bridgehead atoms. The first-order valence-corrected chi connectivity index (χ1v) is 11.4. The summed E-state index contributed by atoms with van der Waals surface area (Å²) in [7, 11) is 1.68. The van der Waals surface area contributed by atoms with Crippen LogP contribution in [0.2, 0.25) is 0 Å². The van der Waals surface area contributed by atoms with E-state index in [1.807, 2.05) is 60.7 Å². The highest BCUT2D eigenvalue weighted by atomic mass is 79.9. The van der Waals surface area contributed by atoms with Gasteiger partial charge in [0.15, 0.2) is 5.16 Å². The first-order valence-electron chi connectivity index (χ1n) is 8.76. The lowest BCUT2D eigenvalue weighted by atomic mass is 10.2. The number of para-hydroxylation sites is 1. The van der Waals surface area contributed by atoms with Crippen molar-refractivity contribution >= 4 is 60.8 Å². The fourth-order valence-electron chi connectivity index (χ4n) is 2.80. The molecule has 0 radical (unpaired) electrons. The Labute approximate surface area is 183 Å². The van der Waals surface area contributed by atoms with Crippen molar-refractivity contribution in [1.82, 2.24) is 9.55 Å². The molecule has 0 fully saturated rings. The Balaban J connectivity index is 1.56. The summed E-state index contributed by atoms with van der Waals surface area (Å²) in [6.07, 6.45) is 0. The second-order valence-electron chi connectivity index (χ2n) is 6.27. The standard InChI is InChI=1S/C21H16BrN3O2S2/c1-25-20(27)14-11-17(13-7-3-2-4-8-13)29-19(14)24-21(25)28-12-18(26)23-16-10-6-5-9-15(16)22/h2-11H,12H2,1H3,(H,23,26). The molecule has 4 rings (SSSR count). The largest absolute Gasteiger partial charge is 0.324 e. The van der Waals surface area contributed by atoms with Gasteiger partial charge in [-0.2, -0.15) is 0 Å². The molecule has 4 aromatic rings. The molecule has 5 nitrogen and oxygen atoms in total. The van der Waals surface area contributed by atoms with Gasteiger partial charge >= 0.3 is 0 Å². The number of rotatable bonds is 5. The summed E-state index contributed by atoms with van der Waals surface area (Å²) in [5.74, 6) is -0.00303. The van der Waals surface area contributed by atoms with E-state index in [4.69, 9.17) is 0 Å². The molecule has 0 spiro atoms. The van der Waals surface area contributed by atoms with E-state index >= 15 is 0 Å². The second-order valence-corrected chi connectivity index (χ2v) is 9.10. The van der Waals surface area contributed by atoms with E-state index in [1.165, 1.54) is 27.7 Å². The Morgan fingerprint density at radius 3 is 2.66 bits per heavy atom. The van der Waals surface area contributed by atoms with Gasteiger partial charge in [0, 0.05) is 16.4 Å². The van der Waals surface area contributed by atoms with E-state index in [-0.39, 0.29) is 17.2 Å². The smallest absolute Gasteiger partial charge is 0.262 e. The minimum Gasteiger partial charge on any atom is -0.324 e. The van der Waals surface area contributed by atoms with Crippen LogP contribution in [0.3, 0.4) is 0 Å². The molecule has 2 aromatic carbocycles. The van der Waals surface area contributed by atoms with Gasteiger partial charge in [0.1, 0.15) is 4.83 Å². The molecule has 29 heavy (non-hydrogen) atoms. The minimum atomic E-state index is -0.160. The SMILES string of the molecule is Cn1c(SCC(=O)Nc2ccccc2Br)nc2sc(-c3ccccc3)cc2c1=O. The van der Waals surface area contributed by atoms with Gasteiger partial charge in [-0.1, -0.05) is 54.2 Å². The van der Waals surface area contributed by atoms with Gasteiger partial charge in [0.25, 0.3) is 5.56 Å². The Morgan fingerprint density at radius 1 is 1.17 bits per heavy atom. The van der Waals surface area contributed by atoms with Crippen LogP contribution in [0.1, 0.15) is 0 Å². The van der Waals surface area contributed by atoms with E-state index in [0.717, 1.165) is 14.9 Å². The lowest BCUT2D eigenvalue weighted by molar-refractivity contribution is -0.113. The van der Waals surface area contributed by atoms with Crippen LogP contribution in [0.4, 0.5) is 5.69 Å². The summed E-state index contributed by atoms with van der Waals surface area (Å²) in [4.78, 5) is 31.4. The Hall–Kier alpha value is -2.42. The van der Waals surface area contributed by atoms with Crippen LogP contribution in [-0.4, -0.2) is 21.2 Å². The van der Waals surface area contributed by atoms with Crippen LogP contribution < -0.4 is 10.9 Å². The number of carbonyl (C=O) groups excluding carboxylic acids is 1. The van der Waals surface area contributed by atoms with Crippen molar-refractivity contribution in [3.63, 3.8) is 0 Å². The molecule has 1 amide bonds. The Bertz CT molecular complexity index is 1250. The van der Waals surface area contributed by atoms with E-state index in [1.54, 1.807) is 7.05 Å². The molecule has 0 aliphatic carbocycles. The van der Waals surface area contributed by atoms with Gasteiger partial charge < -0.3 is 5.32 Å². The normalized spacial score (nSPS) is 11.0. The van der Waals surface area contributed by atoms with Gasteiger partial charge in [0.2, 0.25) is 5.91 Å². The lowest BCUT2D eigenvalue weighted by Crippen LogP contribution is -2.20. The van der Waals surface area contributed by atoms with Gasteiger partial charge in [-0.25, -0.2) is 4.98 Å². The number of benzene rings is 2. The quantitative estimate of drug-likeness (QED) is 0.313. The summed E-state index contributed by atoms with van der Waals surface area (Å²) in [5.41, 5.74) is 1.66. The van der Waals surface area contributed by atoms with Crippen LogP contribution in [0.25, 0.3) is 20.7 Å².